The number of carboxylic acid groups (broad SMARTS) is 1. The van der Waals surface area contributed by atoms with Gasteiger partial charge < -0.3 is 10.2 Å². The van der Waals surface area contributed by atoms with Crippen molar-refractivity contribution >= 4 is 23.7 Å². The van der Waals surface area contributed by atoms with Crippen LogP contribution in [0.4, 0.5) is 0 Å². The average molecular weight is 326 g/mol. The number of nitrogens with zero attached hydrogens (tertiary/aromatic N) is 1. The Balaban J connectivity index is 1.90. The van der Waals surface area contributed by atoms with Crippen LogP contribution in [0.3, 0.4) is 0 Å². The summed E-state index contributed by atoms with van der Waals surface area (Å²) in [5.41, 5.74) is 1.73. The lowest BCUT2D eigenvalue weighted by molar-refractivity contribution is 0.0517. The van der Waals surface area contributed by atoms with Gasteiger partial charge in [-0.3, -0.25) is 19.8 Å². The van der Waals surface area contributed by atoms with Gasteiger partial charge in [-0.15, -0.1) is 0 Å². The second kappa shape index (κ2) is 5.51. The molecule has 0 saturated heterocycles. The maximum Gasteiger partial charge on any atom is 0.335 e. The fourth-order valence-electron chi connectivity index (χ4n) is 2.30. The first-order chi connectivity index (χ1) is 11.4. The number of amides is 3. The van der Waals surface area contributed by atoms with Crippen molar-refractivity contribution in [2.45, 2.75) is 0 Å². The largest absolute Gasteiger partial charge is 0.507 e. The number of hydrogen-bond acceptors (Lipinski definition) is 5. The van der Waals surface area contributed by atoms with Crippen LogP contribution in [0.2, 0.25) is 0 Å². The molecule has 2 aromatic carbocycles. The average Bonchev–Trinajstić information content (AvgIpc) is 2.79. The summed E-state index contributed by atoms with van der Waals surface area (Å²) in [7, 11) is 0. The number of aromatic carboxylic acids is 1. The number of benzene rings is 2. The number of hydrazine groups is 1. The van der Waals surface area contributed by atoms with Crippen LogP contribution in [-0.2, 0) is 0 Å². The number of rotatable bonds is 3. The van der Waals surface area contributed by atoms with E-state index in [-0.39, 0.29) is 28.0 Å². The Labute approximate surface area is 134 Å². The number of phenols is 1. The molecule has 0 spiro atoms. The first-order valence-electron chi connectivity index (χ1n) is 6.75. The molecule has 1 heterocycles. The van der Waals surface area contributed by atoms with Crippen molar-refractivity contribution in [1.82, 2.24) is 10.4 Å². The second-order valence-electron chi connectivity index (χ2n) is 4.97. The lowest BCUT2D eigenvalue weighted by Crippen LogP contribution is -2.45. The minimum absolute atomic E-state index is 0.0115. The molecule has 8 heteroatoms. The number of fused-ring (bicyclic) bond motifs is 1. The topological polar surface area (TPSA) is 124 Å². The molecular formula is C16H10N2O6. The van der Waals surface area contributed by atoms with Crippen LogP contribution in [0.25, 0.3) is 0 Å². The summed E-state index contributed by atoms with van der Waals surface area (Å²) in [5, 5.41) is 19.1. The fraction of sp³-hybridized carbons (Fsp3) is 0. The van der Waals surface area contributed by atoms with Crippen molar-refractivity contribution in [1.29, 1.82) is 0 Å². The highest BCUT2D eigenvalue weighted by Crippen LogP contribution is 2.23. The molecule has 24 heavy (non-hydrogen) atoms. The summed E-state index contributed by atoms with van der Waals surface area (Å²) < 4.78 is 0. The van der Waals surface area contributed by atoms with E-state index >= 15 is 0 Å². The van der Waals surface area contributed by atoms with E-state index in [9.17, 15) is 24.3 Å². The van der Waals surface area contributed by atoms with Gasteiger partial charge in [-0.05, 0) is 30.3 Å². The number of para-hydroxylation sites is 1. The van der Waals surface area contributed by atoms with Crippen molar-refractivity contribution in [3.05, 3.63) is 64.7 Å². The third-order valence-electron chi connectivity index (χ3n) is 3.50. The molecule has 0 aliphatic carbocycles. The molecule has 0 fully saturated rings. The van der Waals surface area contributed by atoms with Gasteiger partial charge in [-0.1, -0.05) is 12.1 Å². The van der Waals surface area contributed by atoms with Crippen LogP contribution in [0.5, 0.6) is 5.75 Å². The van der Waals surface area contributed by atoms with Crippen molar-refractivity contribution in [3.8, 4) is 5.75 Å². The number of carboxylic acids is 1. The van der Waals surface area contributed by atoms with Crippen LogP contribution >= 0.6 is 0 Å². The minimum Gasteiger partial charge on any atom is -0.507 e. The van der Waals surface area contributed by atoms with Crippen molar-refractivity contribution in [3.63, 3.8) is 0 Å². The Morgan fingerprint density at radius 3 is 2.29 bits per heavy atom. The number of phenolic OH excluding ortho intramolecular Hbond substituents is 1. The van der Waals surface area contributed by atoms with Gasteiger partial charge in [0.1, 0.15) is 5.75 Å². The first-order valence-corrected chi connectivity index (χ1v) is 6.75. The SMILES string of the molecule is O=C(O)c1ccc2c(c1)C(=O)N(NC(=O)c1ccccc1O)C2=O. The van der Waals surface area contributed by atoms with E-state index < -0.39 is 23.7 Å². The molecule has 120 valence electrons. The highest BCUT2D eigenvalue weighted by molar-refractivity contribution is 6.22. The first kappa shape index (κ1) is 15.2. The minimum atomic E-state index is -1.24. The predicted octanol–water partition coefficient (Wildman–Crippen LogP) is 1.03. The van der Waals surface area contributed by atoms with E-state index in [0.29, 0.717) is 5.01 Å². The standard InChI is InChI=1S/C16H10N2O6/c19-12-4-2-1-3-10(12)13(20)17-18-14(21)9-6-5-8(16(23)24)7-11(9)15(18)22/h1-7,19H,(H,17,20)(H,23,24). The normalized spacial score (nSPS) is 12.9. The zero-order valence-electron chi connectivity index (χ0n) is 12.0. The zero-order valence-corrected chi connectivity index (χ0v) is 12.0. The summed E-state index contributed by atoms with van der Waals surface area (Å²) in [5.74, 6) is -4.02. The number of carbonyl (C=O) groups is 4. The van der Waals surface area contributed by atoms with E-state index in [4.69, 9.17) is 5.11 Å². The van der Waals surface area contributed by atoms with Gasteiger partial charge in [-0.25, -0.2) is 4.79 Å². The fourth-order valence-corrected chi connectivity index (χ4v) is 2.30. The Hall–Kier alpha value is -3.68. The van der Waals surface area contributed by atoms with Gasteiger partial charge >= 0.3 is 5.97 Å². The van der Waals surface area contributed by atoms with E-state index in [1.165, 1.54) is 36.4 Å². The molecule has 3 rings (SSSR count). The van der Waals surface area contributed by atoms with Crippen molar-refractivity contribution in [2.75, 3.05) is 0 Å². The summed E-state index contributed by atoms with van der Waals surface area (Å²) in [4.78, 5) is 47.6. The summed E-state index contributed by atoms with van der Waals surface area (Å²) in [6.07, 6.45) is 0. The smallest absolute Gasteiger partial charge is 0.335 e. The third kappa shape index (κ3) is 2.35. The van der Waals surface area contributed by atoms with E-state index in [1.54, 1.807) is 0 Å². The number of nitrogens with one attached hydrogen (secondary N) is 1. The van der Waals surface area contributed by atoms with Gasteiger partial charge in [0.15, 0.2) is 0 Å². The molecule has 2 aromatic rings. The highest BCUT2D eigenvalue weighted by atomic mass is 16.4. The Kier molecular flexibility index (Phi) is 3.49. The lowest BCUT2D eigenvalue weighted by atomic mass is 10.1. The third-order valence-corrected chi connectivity index (χ3v) is 3.50. The van der Waals surface area contributed by atoms with Crippen molar-refractivity contribution < 1.29 is 29.4 Å². The molecule has 3 N–H and O–H groups in total. The molecule has 0 radical (unpaired) electrons. The molecule has 3 amide bonds. The maximum atomic E-state index is 12.3. The van der Waals surface area contributed by atoms with Crippen molar-refractivity contribution in [2.24, 2.45) is 0 Å². The zero-order chi connectivity index (χ0) is 17.4. The molecule has 0 unspecified atom stereocenters. The van der Waals surface area contributed by atoms with Crippen LogP contribution in [0.15, 0.2) is 42.5 Å². The molecule has 1 aliphatic rings. The molecular weight excluding hydrogens is 316 g/mol. The predicted molar refractivity (Wildman–Crippen MR) is 79.5 cm³/mol. The quantitative estimate of drug-likeness (QED) is 0.724. The number of hydrogen-bond donors (Lipinski definition) is 3. The second-order valence-corrected chi connectivity index (χ2v) is 4.97. The lowest BCUT2D eigenvalue weighted by Gasteiger charge is -2.15. The van der Waals surface area contributed by atoms with E-state index in [0.717, 1.165) is 6.07 Å². The van der Waals surface area contributed by atoms with Gasteiger partial charge in [0.25, 0.3) is 17.7 Å². The van der Waals surface area contributed by atoms with Crippen LogP contribution in [0, 0.1) is 0 Å². The van der Waals surface area contributed by atoms with Gasteiger partial charge in [0.2, 0.25) is 0 Å². The van der Waals surface area contributed by atoms with Crippen LogP contribution in [-0.4, -0.2) is 38.9 Å². The van der Waals surface area contributed by atoms with Crippen LogP contribution in [0.1, 0.15) is 41.4 Å². The van der Waals surface area contributed by atoms with E-state index in [2.05, 4.69) is 5.43 Å². The number of carbonyl (C=O) groups excluding carboxylic acids is 3. The Morgan fingerprint density at radius 1 is 0.958 bits per heavy atom. The summed E-state index contributed by atoms with van der Waals surface area (Å²) in [6, 6.07) is 9.12. The molecule has 0 saturated carbocycles. The Bertz CT molecular complexity index is 905. The molecule has 8 nitrogen and oxygen atoms in total. The molecule has 0 atom stereocenters. The number of aromatic hydroxyl groups is 1. The molecule has 0 aromatic heterocycles. The van der Waals surface area contributed by atoms with Gasteiger partial charge in [-0.2, -0.15) is 5.01 Å². The monoisotopic (exact) mass is 326 g/mol. The Morgan fingerprint density at radius 2 is 1.62 bits per heavy atom. The molecule has 0 bridgehead atoms. The highest BCUT2D eigenvalue weighted by Gasteiger charge is 2.37. The summed E-state index contributed by atoms with van der Waals surface area (Å²) in [6.45, 7) is 0. The van der Waals surface area contributed by atoms with Gasteiger partial charge in [0.05, 0.1) is 22.3 Å². The van der Waals surface area contributed by atoms with E-state index in [1.807, 2.05) is 0 Å². The van der Waals surface area contributed by atoms with Crippen LogP contribution < -0.4 is 5.43 Å². The number of imide groups is 1. The summed E-state index contributed by atoms with van der Waals surface area (Å²) >= 11 is 0. The van der Waals surface area contributed by atoms with Gasteiger partial charge in [0, 0.05) is 0 Å². The molecule has 1 aliphatic heterocycles. The maximum absolute atomic E-state index is 12.3.